The molecule has 5 nitrogen and oxygen atoms in total. The Morgan fingerprint density at radius 3 is 2.44 bits per heavy atom. The van der Waals surface area contributed by atoms with E-state index in [-0.39, 0.29) is 18.4 Å². The molecule has 1 aromatic rings. The van der Waals surface area contributed by atoms with Crippen LogP contribution in [0.5, 0.6) is 0 Å². The average molecular weight is 254 g/mol. The maximum absolute atomic E-state index is 12.7. The number of amides is 2. The lowest BCUT2D eigenvalue weighted by molar-refractivity contribution is -0.137. The van der Waals surface area contributed by atoms with Crippen molar-refractivity contribution < 1.29 is 19.1 Å². The van der Waals surface area contributed by atoms with Gasteiger partial charge in [0.1, 0.15) is 12.4 Å². The largest absolute Gasteiger partial charge is 0.480 e. The molecule has 98 valence electrons. The summed E-state index contributed by atoms with van der Waals surface area (Å²) in [5, 5.41) is 11.2. The monoisotopic (exact) mass is 254 g/mol. The second-order valence-corrected chi connectivity index (χ2v) is 3.97. The third-order valence-corrected chi connectivity index (χ3v) is 2.43. The molecule has 0 radical (unpaired) electrons. The van der Waals surface area contributed by atoms with Crippen molar-refractivity contribution in [2.45, 2.75) is 13.0 Å². The number of likely N-dealkylation sites (N-methyl/N-ethyl adjacent to an activating group) is 1. The molecule has 0 saturated heterocycles. The van der Waals surface area contributed by atoms with Crippen LogP contribution in [0.1, 0.15) is 18.5 Å². The van der Waals surface area contributed by atoms with Crippen LogP contribution >= 0.6 is 0 Å². The van der Waals surface area contributed by atoms with Crippen molar-refractivity contribution in [1.82, 2.24) is 10.2 Å². The van der Waals surface area contributed by atoms with E-state index in [1.807, 2.05) is 0 Å². The maximum atomic E-state index is 12.7. The molecule has 0 aliphatic rings. The summed E-state index contributed by atoms with van der Waals surface area (Å²) in [4.78, 5) is 23.1. The number of hydrogen-bond donors (Lipinski definition) is 2. The normalized spacial score (nSPS) is 11.7. The van der Waals surface area contributed by atoms with Gasteiger partial charge in [-0.05, 0) is 24.6 Å². The summed E-state index contributed by atoms with van der Waals surface area (Å²) in [6, 6.07) is 4.93. The van der Waals surface area contributed by atoms with Gasteiger partial charge in [-0.3, -0.25) is 4.79 Å². The van der Waals surface area contributed by atoms with Gasteiger partial charge in [0, 0.05) is 7.05 Å². The van der Waals surface area contributed by atoms with E-state index in [4.69, 9.17) is 5.11 Å². The molecule has 1 unspecified atom stereocenters. The zero-order valence-corrected chi connectivity index (χ0v) is 10.2. The van der Waals surface area contributed by atoms with Crippen molar-refractivity contribution in [2.75, 3.05) is 13.6 Å². The van der Waals surface area contributed by atoms with E-state index >= 15 is 0 Å². The highest BCUT2D eigenvalue weighted by atomic mass is 19.1. The molecule has 0 bridgehead atoms. The molecule has 2 N–H and O–H groups in total. The molecule has 1 aromatic carbocycles. The van der Waals surface area contributed by atoms with Gasteiger partial charge in [-0.2, -0.15) is 0 Å². The van der Waals surface area contributed by atoms with E-state index in [0.717, 1.165) is 10.5 Å². The molecule has 1 atom stereocenters. The fourth-order valence-corrected chi connectivity index (χ4v) is 1.40. The Balaban J connectivity index is 2.59. The number of rotatable bonds is 4. The molecule has 6 heteroatoms. The topological polar surface area (TPSA) is 69.6 Å². The minimum atomic E-state index is -1.08. The Morgan fingerprint density at radius 1 is 1.39 bits per heavy atom. The van der Waals surface area contributed by atoms with Crippen molar-refractivity contribution >= 4 is 12.0 Å². The number of aliphatic carboxylic acids is 1. The summed E-state index contributed by atoms with van der Waals surface area (Å²) < 4.78 is 12.7. The Labute approximate surface area is 104 Å². The highest BCUT2D eigenvalue weighted by Gasteiger charge is 2.15. The predicted octanol–water partition coefficient (Wildman–Crippen LogP) is 1.61. The lowest BCUT2D eigenvalue weighted by Crippen LogP contribution is -2.41. The molecule has 0 saturated carbocycles. The molecule has 0 aliphatic carbocycles. The number of carboxylic acid groups (broad SMARTS) is 1. The summed E-state index contributed by atoms with van der Waals surface area (Å²) in [6.07, 6.45) is 0. The van der Waals surface area contributed by atoms with Gasteiger partial charge in [-0.1, -0.05) is 12.1 Å². The first-order valence-corrected chi connectivity index (χ1v) is 5.39. The zero-order chi connectivity index (χ0) is 13.7. The number of carbonyl (C=O) groups is 2. The van der Waals surface area contributed by atoms with Crippen LogP contribution in [0, 0.1) is 5.82 Å². The zero-order valence-electron chi connectivity index (χ0n) is 10.2. The molecule has 1 rings (SSSR count). The fourth-order valence-electron chi connectivity index (χ4n) is 1.40. The predicted molar refractivity (Wildman–Crippen MR) is 63.6 cm³/mol. The number of nitrogens with zero attached hydrogens (tertiary/aromatic N) is 1. The van der Waals surface area contributed by atoms with Gasteiger partial charge in [-0.25, -0.2) is 9.18 Å². The lowest BCUT2D eigenvalue weighted by atomic mass is 10.1. The number of carboxylic acids is 1. The van der Waals surface area contributed by atoms with Gasteiger partial charge in [0.25, 0.3) is 0 Å². The fraction of sp³-hybridized carbons (Fsp3) is 0.333. The summed E-state index contributed by atoms with van der Waals surface area (Å²) >= 11 is 0. The van der Waals surface area contributed by atoms with Crippen LogP contribution in [0.2, 0.25) is 0 Å². The first-order chi connectivity index (χ1) is 8.40. The SMILES string of the molecule is CC(NC(=O)N(C)CC(=O)O)c1ccc(F)cc1. The van der Waals surface area contributed by atoms with Crippen molar-refractivity contribution in [3.63, 3.8) is 0 Å². The highest BCUT2D eigenvalue weighted by Crippen LogP contribution is 2.12. The Morgan fingerprint density at radius 2 is 1.94 bits per heavy atom. The smallest absolute Gasteiger partial charge is 0.323 e. The van der Waals surface area contributed by atoms with E-state index in [1.165, 1.54) is 19.2 Å². The molecule has 0 fully saturated rings. The van der Waals surface area contributed by atoms with Gasteiger partial charge in [-0.15, -0.1) is 0 Å². The Kier molecular flexibility index (Phi) is 4.65. The van der Waals surface area contributed by atoms with E-state index in [1.54, 1.807) is 19.1 Å². The first kappa shape index (κ1) is 14.0. The van der Waals surface area contributed by atoms with Crippen molar-refractivity contribution in [2.24, 2.45) is 0 Å². The molecular formula is C12H15FN2O3. The van der Waals surface area contributed by atoms with Crippen molar-refractivity contribution in [3.8, 4) is 0 Å². The number of benzene rings is 1. The van der Waals surface area contributed by atoms with Crippen LogP contribution < -0.4 is 5.32 Å². The number of halogens is 1. The number of urea groups is 1. The number of carbonyl (C=O) groups excluding carboxylic acids is 1. The van der Waals surface area contributed by atoms with Crippen molar-refractivity contribution in [3.05, 3.63) is 35.6 Å². The third kappa shape index (κ3) is 4.04. The second kappa shape index (κ2) is 6.00. The quantitative estimate of drug-likeness (QED) is 0.857. The van der Waals surface area contributed by atoms with E-state index in [2.05, 4.69) is 5.32 Å². The van der Waals surface area contributed by atoms with Crippen molar-refractivity contribution in [1.29, 1.82) is 0 Å². The van der Waals surface area contributed by atoms with Gasteiger partial charge >= 0.3 is 12.0 Å². The van der Waals surface area contributed by atoms with Crippen LogP contribution in [0.15, 0.2) is 24.3 Å². The Hall–Kier alpha value is -2.11. The number of hydrogen-bond acceptors (Lipinski definition) is 2. The third-order valence-electron chi connectivity index (χ3n) is 2.43. The minimum Gasteiger partial charge on any atom is -0.480 e. The van der Waals surface area contributed by atoms with Crippen LogP contribution in [0.3, 0.4) is 0 Å². The van der Waals surface area contributed by atoms with Crippen LogP contribution in [0.25, 0.3) is 0 Å². The molecule has 0 aliphatic heterocycles. The summed E-state index contributed by atoms with van der Waals surface area (Å²) in [7, 11) is 1.39. The number of nitrogens with one attached hydrogen (secondary N) is 1. The highest BCUT2D eigenvalue weighted by molar-refractivity contribution is 5.80. The lowest BCUT2D eigenvalue weighted by Gasteiger charge is -2.20. The van der Waals surface area contributed by atoms with Crippen LogP contribution in [-0.4, -0.2) is 35.6 Å². The van der Waals surface area contributed by atoms with Gasteiger partial charge in [0.2, 0.25) is 0 Å². The van der Waals surface area contributed by atoms with E-state index in [9.17, 15) is 14.0 Å². The molecule has 0 heterocycles. The molecule has 2 amide bonds. The molecule has 0 spiro atoms. The summed E-state index contributed by atoms with van der Waals surface area (Å²) in [5.74, 6) is -1.43. The standard InChI is InChI=1S/C12H15FN2O3/c1-8(9-3-5-10(13)6-4-9)14-12(18)15(2)7-11(16)17/h3-6,8H,7H2,1-2H3,(H,14,18)(H,16,17). The van der Waals surface area contributed by atoms with Gasteiger partial charge in [0.05, 0.1) is 6.04 Å². The van der Waals surface area contributed by atoms with Crippen LogP contribution in [0.4, 0.5) is 9.18 Å². The maximum Gasteiger partial charge on any atom is 0.323 e. The minimum absolute atomic E-state index is 0.325. The molecule has 18 heavy (non-hydrogen) atoms. The van der Waals surface area contributed by atoms with E-state index < -0.39 is 12.0 Å². The molecule has 0 aromatic heterocycles. The Bertz CT molecular complexity index is 433. The van der Waals surface area contributed by atoms with Gasteiger partial charge < -0.3 is 15.3 Å². The average Bonchev–Trinajstić information content (AvgIpc) is 2.28. The van der Waals surface area contributed by atoms with Gasteiger partial charge in [0.15, 0.2) is 0 Å². The second-order valence-electron chi connectivity index (χ2n) is 3.97. The van der Waals surface area contributed by atoms with Crippen LogP contribution in [-0.2, 0) is 4.79 Å². The summed E-state index contributed by atoms with van der Waals surface area (Å²) in [5.41, 5.74) is 0.744. The van der Waals surface area contributed by atoms with E-state index in [0.29, 0.717) is 0 Å². The molecular weight excluding hydrogens is 239 g/mol. The summed E-state index contributed by atoms with van der Waals surface area (Å²) in [6.45, 7) is 1.36. The first-order valence-electron chi connectivity index (χ1n) is 5.39.